The van der Waals surface area contributed by atoms with Crippen LogP contribution in [0.4, 0.5) is 0 Å². The van der Waals surface area contributed by atoms with Crippen LogP contribution in [0.15, 0.2) is 42.7 Å². The summed E-state index contributed by atoms with van der Waals surface area (Å²) >= 11 is 0. The highest BCUT2D eigenvalue weighted by molar-refractivity contribution is 5.85. The van der Waals surface area contributed by atoms with Crippen molar-refractivity contribution in [1.29, 1.82) is 0 Å². The van der Waals surface area contributed by atoms with Gasteiger partial charge in [0.2, 0.25) is 5.91 Å². The second-order valence-corrected chi connectivity index (χ2v) is 5.27. The topological polar surface area (TPSA) is 72.9 Å². The lowest BCUT2D eigenvalue weighted by atomic mass is 10.1. The van der Waals surface area contributed by atoms with E-state index in [2.05, 4.69) is 16.5 Å². The summed E-state index contributed by atoms with van der Waals surface area (Å²) in [4.78, 5) is 11.8. The van der Waals surface area contributed by atoms with Gasteiger partial charge in [-0.15, -0.1) is 12.4 Å². The van der Waals surface area contributed by atoms with E-state index >= 15 is 0 Å². The molecule has 1 aromatic heterocycles. The van der Waals surface area contributed by atoms with Gasteiger partial charge < -0.3 is 11.1 Å². The standard InChI is InChI=1S/C16H22N4O.ClH/c1-13(17)7-8-16(21)18-11-14-5-2-3-6-15(14)12-20-10-4-9-19-20;/h2-6,9-10,13H,7-8,11-12,17H2,1H3,(H,18,21);1H. The summed E-state index contributed by atoms with van der Waals surface area (Å²) in [5.41, 5.74) is 7.93. The summed E-state index contributed by atoms with van der Waals surface area (Å²) in [6.45, 7) is 3.15. The van der Waals surface area contributed by atoms with Gasteiger partial charge in [-0.25, -0.2) is 0 Å². The summed E-state index contributed by atoms with van der Waals surface area (Å²) in [6, 6.07) is 10.0. The van der Waals surface area contributed by atoms with E-state index in [1.165, 1.54) is 0 Å². The molecule has 120 valence electrons. The minimum Gasteiger partial charge on any atom is -0.352 e. The number of carbonyl (C=O) groups excluding carboxylic acids is 1. The Bertz CT molecular complexity index is 569. The third-order valence-electron chi connectivity index (χ3n) is 3.31. The Morgan fingerprint density at radius 2 is 2.05 bits per heavy atom. The number of nitrogens with two attached hydrogens (primary N) is 1. The van der Waals surface area contributed by atoms with Gasteiger partial charge in [0.1, 0.15) is 0 Å². The molecule has 0 bridgehead atoms. The maximum absolute atomic E-state index is 11.8. The van der Waals surface area contributed by atoms with Crippen LogP contribution in [0.5, 0.6) is 0 Å². The number of hydrogen-bond donors (Lipinski definition) is 2. The Kier molecular flexibility index (Phi) is 7.63. The Morgan fingerprint density at radius 3 is 2.68 bits per heavy atom. The molecule has 0 fully saturated rings. The maximum Gasteiger partial charge on any atom is 0.220 e. The summed E-state index contributed by atoms with van der Waals surface area (Å²) in [7, 11) is 0. The van der Waals surface area contributed by atoms with Crippen molar-refractivity contribution in [2.45, 2.75) is 38.9 Å². The van der Waals surface area contributed by atoms with Crippen LogP contribution in [0.2, 0.25) is 0 Å². The first-order chi connectivity index (χ1) is 10.1. The molecule has 0 saturated carbocycles. The number of benzene rings is 1. The minimum absolute atomic E-state index is 0. The molecule has 1 unspecified atom stereocenters. The number of nitrogens with one attached hydrogen (secondary N) is 1. The third kappa shape index (κ3) is 5.87. The number of aromatic nitrogens is 2. The van der Waals surface area contributed by atoms with Gasteiger partial charge in [-0.2, -0.15) is 5.10 Å². The average molecular weight is 323 g/mol. The van der Waals surface area contributed by atoms with E-state index in [0.717, 1.165) is 11.1 Å². The highest BCUT2D eigenvalue weighted by atomic mass is 35.5. The molecule has 3 N–H and O–H groups in total. The van der Waals surface area contributed by atoms with Crippen molar-refractivity contribution >= 4 is 18.3 Å². The Balaban J connectivity index is 0.00000242. The van der Waals surface area contributed by atoms with Gasteiger partial charge in [0, 0.05) is 31.4 Å². The van der Waals surface area contributed by atoms with Crippen LogP contribution >= 0.6 is 12.4 Å². The Morgan fingerprint density at radius 1 is 1.32 bits per heavy atom. The van der Waals surface area contributed by atoms with Crippen LogP contribution in [-0.4, -0.2) is 21.7 Å². The fraction of sp³-hybridized carbons (Fsp3) is 0.375. The molecule has 5 nitrogen and oxygen atoms in total. The molecular weight excluding hydrogens is 300 g/mol. The molecule has 1 aromatic carbocycles. The zero-order chi connectivity index (χ0) is 15.1. The minimum atomic E-state index is 0. The molecule has 0 saturated heterocycles. The monoisotopic (exact) mass is 322 g/mol. The van der Waals surface area contributed by atoms with Crippen molar-refractivity contribution in [3.05, 3.63) is 53.9 Å². The second kappa shape index (κ2) is 9.23. The van der Waals surface area contributed by atoms with E-state index in [4.69, 9.17) is 5.73 Å². The van der Waals surface area contributed by atoms with E-state index in [-0.39, 0.29) is 24.4 Å². The number of hydrogen-bond acceptors (Lipinski definition) is 3. The smallest absolute Gasteiger partial charge is 0.220 e. The summed E-state index contributed by atoms with van der Waals surface area (Å²) in [6.07, 6.45) is 4.87. The van der Waals surface area contributed by atoms with Crippen LogP contribution in [0, 0.1) is 0 Å². The fourth-order valence-electron chi connectivity index (χ4n) is 2.09. The molecule has 2 rings (SSSR count). The maximum atomic E-state index is 11.8. The average Bonchev–Trinajstić information content (AvgIpc) is 2.97. The third-order valence-corrected chi connectivity index (χ3v) is 3.31. The fourth-order valence-corrected chi connectivity index (χ4v) is 2.09. The van der Waals surface area contributed by atoms with Gasteiger partial charge in [0.15, 0.2) is 0 Å². The predicted molar refractivity (Wildman–Crippen MR) is 89.7 cm³/mol. The number of amides is 1. The van der Waals surface area contributed by atoms with E-state index in [9.17, 15) is 4.79 Å². The predicted octanol–water partition coefficient (Wildman–Crippen LogP) is 2.10. The molecule has 1 amide bonds. The van der Waals surface area contributed by atoms with E-state index in [1.54, 1.807) is 6.20 Å². The van der Waals surface area contributed by atoms with Crippen LogP contribution in [-0.2, 0) is 17.9 Å². The van der Waals surface area contributed by atoms with Crippen LogP contribution in [0.1, 0.15) is 30.9 Å². The van der Waals surface area contributed by atoms with Crippen LogP contribution in [0.25, 0.3) is 0 Å². The van der Waals surface area contributed by atoms with E-state index < -0.39 is 0 Å². The number of nitrogens with zero attached hydrogens (tertiary/aromatic N) is 2. The lowest BCUT2D eigenvalue weighted by Gasteiger charge is -2.11. The molecule has 6 heteroatoms. The molecule has 0 spiro atoms. The Labute approximate surface area is 137 Å². The van der Waals surface area contributed by atoms with Gasteiger partial charge in [0.05, 0.1) is 6.54 Å². The van der Waals surface area contributed by atoms with E-state index in [1.807, 2.05) is 42.1 Å². The number of carbonyl (C=O) groups is 1. The number of rotatable bonds is 7. The SMILES string of the molecule is CC(N)CCC(=O)NCc1ccccc1Cn1cccn1.Cl. The largest absolute Gasteiger partial charge is 0.352 e. The molecule has 1 atom stereocenters. The molecule has 1 heterocycles. The highest BCUT2D eigenvalue weighted by Gasteiger charge is 2.06. The lowest BCUT2D eigenvalue weighted by Crippen LogP contribution is -2.26. The van der Waals surface area contributed by atoms with Crippen molar-refractivity contribution < 1.29 is 4.79 Å². The second-order valence-electron chi connectivity index (χ2n) is 5.27. The van der Waals surface area contributed by atoms with Crippen molar-refractivity contribution in [3.8, 4) is 0 Å². The summed E-state index contributed by atoms with van der Waals surface area (Å²) in [5.74, 6) is 0.0428. The highest BCUT2D eigenvalue weighted by Crippen LogP contribution is 2.10. The zero-order valence-corrected chi connectivity index (χ0v) is 13.6. The van der Waals surface area contributed by atoms with Gasteiger partial charge in [-0.05, 0) is 30.5 Å². The summed E-state index contributed by atoms with van der Waals surface area (Å²) < 4.78 is 1.87. The first-order valence-electron chi connectivity index (χ1n) is 7.21. The van der Waals surface area contributed by atoms with Crippen LogP contribution in [0.3, 0.4) is 0 Å². The van der Waals surface area contributed by atoms with Crippen LogP contribution < -0.4 is 11.1 Å². The Hall–Kier alpha value is -1.85. The molecule has 0 aliphatic rings. The molecule has 0 radical (unpaired) electrons. The zero-order valence-electron chi connectivity index (χ0n) is 12.7. The van der Waals surface area contributed by atoms with Crippen molar-refractivity contribution in [2.75, 3.05) is 0 Å². The first kappa shape index (κ1) is 18.2. The van der Waals surface area contributed by atoms with Gasteiger partial charge in [0.25, 0.3) is 0 Å². The first-order valence-corrected chi connectivity index (χ1v) is 7.21. The van der Waals surface area contributed by atoms with Gasteiger partial charge in [-0.3, -0.25) is 9.48 Å². The van der Waals surface area contributed by atoms with Gasteiger partial charge >= 0.3 is 0 Å². The van der Waals surface area contributed by atoms with Crippen molar-refractivity contribution in [3.63, 3.8) is 0 Å². The molecule has 0 aliphatic heterocycles. The summed E-state index contributed by atoms with van der Waals surface area (Å²) in [5, 5.41) is 7.16. The van der Waals surface area contributed by atoms with Gasteiger partial charge in [-0.1, -0.05) is 24.3 Å². The molecule has 22 heavy (non-hydrogen) atoms. The normalized spacial score (nSPS) is 11.5. The quantitative estimate of drug-likeness (QED) is 0.820. The van der Waals surface area contributed by atoms with Crippen molar-refractivity contribution in [2.24, 2.45) is 5.73 Å². The number of halogens is 1. The molecule has 0 aliphatic carbocycles. The lowest BCUT2D eigenvalue weighted by molar-refractivity contribution is -0.121. The molecular formula is C16H23ClN4O. The van der Waals surface area contributed by atoms with Crippen molar-refractivity contribution in [1.82, 2.24) is 15.1 Å². The molecule has 2 aromatic rings. The van der Waals surface area contributed by atoms with E-state index in [0.29, 0.717) is 25.9 Å².